The molecule has 0 saturated heterocycles. The highest BCUT2D eigenvalue weighted by Gasteiger charge is 2.30. The average molecular weight is 423 g/mol. The molecular weight excluding hydrogens is 410 g/mol. The predicted molar refractivity (Wildman–Crippen MR) is 97.4 cm³/mol. The summed E-state index contributed by atoms with van der Waals surface area (Å²) in [4.78, 5) is 15.8. The average Bonchev–Trinajstić information content (AvgIpc) is 3.21. The van der Waals surface area contributed by atoms with Crippen LogP contribution in [-0.4, -0.2) is 24.9 Å². The molecule has 0 aliphatic carbocycles. The molecule has 1 atom stereocenters. The van der Waals surface area contributed by atoms with Gasteiger partial charge >= 0.3 is 5.97 Å². The van der Waals surface area contributed by atoms with Crippen molar-refractivity contribution in [2.24, 2.45) is 0 Å². The smallest absolute Gasteiger partial charge is 0.317 e. The number of hydrogen-bond donors (Lipinski definition) is 1. The van der Waals surface area contributed by atoms with Crippen molar-refractivity contribution in [3.8, 4) is 11.5 Å². The summed E-state index contributed by atoms with van der Waals surface area (Å²) >= 11 is 9.88. The van der Waals surface area contributed by atoms with Gasteiger partial charge in [-0.3, -0.25) is 4.79 Å². The number of H-pyrrole nitrogens is 1. The molecule has 0 bridgehead atoms. The molecule has 25 heavy (non-hydrogen) atoms. The van der Waals surface area contributed by atoms with Crippen LogP contribution in [0.4, 0.5) is 0 Å². The van der Waals surface area contributed by atoms with Gasteiger partial charge in [-0.05, 0) is 29.3 Å². The van der Waals surface area contributed by atoms with Crippen LogP contribution in [0.5, 0.6) is 11.5 Å². The van der Waals surface area contributed by atoms with Gasteiger partial charge in [0.2, 0.25) is 6.79 Å². The zero-order valence-electron chi connectivity index (χ0n) is 13.1. The van der Waals surface area contributed by atoms with Crippen molar-refractivity contribution in [3.05, 3.63) is 57.2 Å². The van der Waals surface area contributed by atoms with E-state index in [0.29, 0.717) is 22.1 Å². The zero-order valence-corrected chi connectivity index (χ0v) is 15.5. The highest BCUT2D eigenvalue weighted by Crippen LogP contribution is 2.42. The first-order valence-corrected chi connectivity index (χ1v) is 8.69. The van der Waals surface area contributed by atoms with Gasteiger partial charge in [0.05, 0.1) is 7.11 Å². The number of fused-ring (bicyclic) bond motifs is 2. The highest BCUT2D eigenvalue weighted by atomic mass is 79.9. The lowest BCUT2D eigenvalue weighted by Crippen LogP contribution is -2.16. The summed E-state index contributed by atoms with van der Waals surface area (Å²) in [5, 5.41) is 1.35. The van der Waals surface area contributed by atoms with Crippen molar-refractivity contribution >= 4 is 44.4 Å². The van der Waals surface area contributed by atoms with Crippen molar-refractivity contribution < 1.29 is 19.0 Å². The van der Waals surface area contributed by atoms with Gasteiger partial charge in [-0.15, -0.1) is 0 Å². The number of aromatic amines is 1. The molecule has 1 aliphatic rings. The number of rotatable bonds is 3. The second kappa shape index (κ2) is 6.28. The number of methoxy groups -OCH3 is 1. The highest BCUT2D eigenvalue weighted by molar-refractivity contribution is 9.10. The van der Waals surface area contributed by atoms with Gasteiger partial charge in [-0.1, -0.05) is 33.6 Å². The Morgan fingerprint density at radius 2 is 2.00 bits per heavy atom. The first-order valence-electron chi connectivity index (χ1n) is 7.52. The molecule has 7 heteroatoms. The van der Waals surface area contributed by atoms with E-state index in [-0.39, 0.29) is 6.79 Å². The van der Waals surface area contributed by atoms with Gasteiger partial charge in [-0.25, -0.2) is 0 Å². The lowest BCUT2D eigenvalue weighted by Gasteiger charge is -2.17. The van der Waals surface area contributed by atoms with E-state index in [1.165, 1.54) is 7.11 Å². The van der Waals surface area contributed by atoms with E-state index in [1.54, 1.807) is 18.3 Å². The summed E-state index contributed by atoms with van der Waals surface area (Å²) in [7, 11) is 1.36. The summed E-state index contributed by atoms with van der Waals surface area (Å²) in [6.07, 6.45) is 1.81. The number of nitrogens with one attached hydrogen (secondary N) is 1. The maximum absolute atomic E-state index is 12.6. The lowest BCUT2D eigenvalue weighted by atomic mass is 9.90. The summed E-state index contributed by atoms with van der Waals surface area (Å²) in [6.45, 7) is 0.138. The molecule has 0 amide bonds. The topological polar surface area (TPSA) is 60.6 Å². The van der Waals surface area contributed by atoms with E-state index in [4.69, 9.17) is 25.8 Å². The van der Waals surface area contributed by atoms with Crippen molar-refractivity contribution in [2.45, 2.75) is 5.92 Å². The molecule has 1 aliphatic heterocycles. The van der Waals surface area contributed by atoms with Crippen molar-refractivity contribution in [1.29, 1.82) is 0 Å². The van der Waals surface area contributed by atoms with Gasteiger partial charge in [0.15, 0.2) is 11.5 Å². The van der Waals surface area contributed by atoms with Crippen molar-refractivity contribution in [1.82, 2.24) is 4.98 Å². The van der Waals surface area contributed by atoms with Gasteiger partial charge in [0, 0.05) is 32.7 Å². The SMILES string of the molecule is COC(=O)C(c1cc2c(cc1Cl)OCO2)c1c[nH]c2cc(Br)ccc12. The number of hydrogen-bond acceptors (Lipinski definition) is 4. The summed E-state index contributed by atoms with van der Waals surface area (Å²) in [5.41, 5.74) is 2.31. The molecule has 5 nitrogen and oxygen atoms in total. The largest absolute Gasteiger partial charge is 0.468 e. The van der Waals surface area contributed by atoms with Gasteiger partial charge < -0.3 is 19.2 Å². The molecule has 2 aromatic carbocycles. The monoisotopic (exact) mass is 421 g/mol. The zero-order chi connectivity index (χ0) is 17.6. The first kappa shape index (κ1) is 16.3. The van der Waals surface area contributed by atoms with Crippen molar-refractivity contribution in [3.63, 3.8) is 0 Å². The third-order valence-electron chi connectivity index (χ3n) is 4.23. The van der Waals surface area contributed by atoms with Crippen LogP contribution in [0.1, 0.15) is 17.0 Å². The molecule has 1 N–H and O–H groups in total. The van der Waals surface area contributed by atoms with Crippen molar-refractivity contribution in [2.75, 3.05) is 13.9 Å². The van der Waals surface area contributed by atoms with Gasteiger partial charge in [0.1, 0.15) is 5.92 Å². The minimum Gasteiger partial charge on any atom is -0.468 e. The quantitative estimate of drug-likeness (QED) is 0.626. The normalized spacial score (nSPS) is 13.9. The maximum Gasteiger partial charge on any atom is 0.317 e. The molecule has 1 aromatic heterocycles. The van der Waals surface area contributed by atoms with Crippen LogP contribution < -0.4 is 9.47 Å². The van der Waals surface area contributed by atoms with E-state index in [1.807, 2.05) is 18.2 Å². The van der Waals surface area contributed by atoms with Crippen LogP contribution in [0.25, 0.3) is 10.9 Å². The number of benzene rings is 2. The molecule has 0 saturated carbocycles. The van der Waals surface area contributed by atoms with Gasteiger partial charge in [-0.2, -0.15) is 0 Å². The van der Waals surface area contributed by atoms with Crippen LogP contribution in [0.3, 0.4) is 0 Å². The third kappa shape index (κ3) is 2.75. The third-order valence-corrected chi connectivity index (χ3v) is 5.05. The summed E-state index contributed by atoms with van der Waals surface area (Å²) in [6, 6.07) is 9.23. The maximum atomic E-state index is 12.6. The van der Waals surface area contributed by atoms with E-state index in [9.17, 15) is 4.79 Å². The predicted octanol–water partition coefficient (Wildman–Crippen LogP) is 4.62. The summed E-state index contributed by atoms with van der Waals surface area (Å²) < 4.78 is 16.8. The van der Waals surface area contributed by atoms with Crippen LogP contribution >= 0.6 is 27.5 Å². The minimum absolute atomic E-state index is 0.138. The number of aromatic nitrogens is 1. The molecular formula is C18H13BrClNO4. The molecule has 3 aromatic rings. The molecule has 0 spiro atoms. The molecule has 1 unspecified atom stereocenters. The fourth-order valence-electron chi connectivity index (χ4n) is 3.05. The summed E-state index contributed by atoms with van der Waals surface area (Å²) in [5.74, 6) is 0.0580. The minimum atomic E-state index is -0.679. The number of carbonyl (C=O) groups excluding carboxylic acids is 1. The van der Waals surface area contributed by atoms with E-state index >= 15 is 0 Å². The number of halogens is 2. The Kier molecular flexibility index (Phi) is 4.09. The lowest BCUT2D eigenvalue weighted by molar-refractivity contribution is -0.141. The van der Waals surface area contributed by atoms with E-state index in [0.717, 1.165) is 20.9 Å². The van der Waals surface area contributed by atoms with Gasteiger partial charge in [0.25, 0.3) is 0 Å². The Balaban J connectivity index is 1.91. The molecule has 2 heterocycles. The molecule has 128 valence electrons. The fourth-order valence-corrected chi connectivity index (χ4v) is 3.68. The first-order chi connectivity index (χ1) is 12.1. The fraction of sp³-hybridized carbons (Fsp3) is 0.167. The molecule has 0 radical (unpaired) electrons. The Hall–Kier alpha value is -2.18. The molecule has 0 fully saturated rings. The Labute approximate surface area is 157 Å². The van der Waals surface area contributed by atoms with Crippen LogP contribution in [0.15, 0.2) is 41.0 Å². The number of carbonyl (C=O) groups is 1. The second-order valence-corrected chi connectivity index (χ2v) is 6.94. The van der Waals surface area contributed by atoms with Crippen LogP contribution in [-0.2, 0) is 9.53 Å². The van der Waals surface area contributed by atoms with E-state index in [2.05, 4.69) is 20.9 Å². The Morgan fingerprint density at radius 3 is 2.76 bits per heavy atom. The second-order valence-electron chi connectivity index (χ2n) is 5.62. The standard InChI is InChI=1S/C18H13BrClNO4/c1-23-18(22)17(11-5-15-16(6-13(11)20)25-8-24-15)12-7-21-14-4-9(19)2-3-10(12)14/h2-7,17,21H,8H2,1H3. The Morgan fingerprint density at radius 1 is 1.24 bits per heavy atom. The number of ether oxygens (including phenoxy) is 3. The van der Waals surface area contributed by atoms with E-state index < -0.39 is 11.9 Å². The van der Waals surface area contributed by atoms with Crippen LogP contribution in [0, 0.1) is 0 Å². The molecule has 4 rings (SSSR count). The van der Waals surface area contributed by atoms with Crippen LogP contribution in [0.2, 0.25) is 5.02 Å². The Bertz CT molecular complexity index is 985. The number of esters is 1.